The molecule has 0 aliphatic carbocycles. The number of rotatable bonds is 4. The number of carbonyl (C=O) groups is 1. The standard InChI is InChI=1S/C15H10ClF4NO2/c16-13-6-3-10(7-12(13)15(18,19)20)21-14(22)8-23-11-4-1-9(17)2-5-11/h1-7H,8H2,(H,21,22). The molecule has 0 aromatic heterocycles. The van der Waals surface area contributed by atoms with E-state index in [0.717, 1.165) is 24.3 Å². The molecule has 0 unspecified atom stereocenters. The number of carbonyl (C=O) groups excluding carboxylic acids is 1. The van der Waals surface area contributed by atoms with Crippen molar-refractivity contribution in [3.63, 3.8) is 0 Å². The third kappa shape index (κ3) is 4.85. The van der Waals surface area contributed by atoms with Crippen LogP contribution < -0.4 is 10.1 Å². The van der Waals surface area contributed by atoms with Gasteiger partial charge in [0.05, 0.1) is 10.6 Å². The van der Waals surface area contributed by atoms with Gasteiger partial charge in [-0.2, -0.15) is 13.2 Å². The van der Waals surface area contributed by atoms with Crippen molar-refractivity contribution >= 4 is 23.2 Å². The number of nitrogens with one attached hydrogen (secondary N) is 1. The van der Waals surface area contributed by atoms with Crippen LogP contribution in [-0.4, -0.2) is 12.5 Å². The molecule has 2 rings (SSSR count). The molecule has 8 heteroatoms. The Bertz CT molecular complexity index is 702. The average Bonchev–Trinajstić information content (AvgIpc) is 2.47. The van der Waals surface area contributed by atoms with E-state index < -0.39 is 35.1 Å². The summed E-state index contributed by atoms with van der Waals surface area (Å²) in [5, 5.41) is 1.81. The van der Waals surface area contributed by atoms with Crippen molar-refractivity contribution in [2.24, 2.45) is 0 Å². The van der Waals surface area contributed by atoms with Crippen LogP contribution in [0.4, 0.5) is 23.2 Å². The van der Waals surface area contributed by atoms with Gasteiger partial charge in [-0.25, -0.2) is 4.39 Å². The van der Waals surface area contributed by atoms with Crippen molar-refractivity contribution in [2.75, 3.05) is 11.9 Å². The Labute approximate surface area is 133 Å². The van der Waals surface area contributed by atoms with Crippen LogP contribution in [0.3, 0.4) is 0 Å². The number of ether oxygens (including phenoxy) is 1. The molecule has 1 N–H and O–H groups in total. The summed E-state index contributed by atoms with van der Waals surface area (Å²) in [5.74, 6) is -0.860. The minimum atomic E-state index is -4.62. The molecule has 3 nitrogen and oxygen atoms in total. The smallest absolute Gasteiger partial charge is 0.417 e. The van der Waals surface area contributed by atoms with Gasteiger partial charge in [0.15, 0.2) is 6.61 Å². The summed E-state index contributed by atoms with van der Waals surface area (Å²) in [5.41, 5.74) is -1.11. The van der Waals surface area contributed by atoms with E-state index in [4.69, 9.17) is 16.3 Å². The monoisotopic (exact) mass is 347 g/mol. The largest absolute Gasteiger partial charge is 0.484 e. The first-order valence-electron chi connectivity index (χ1n) is 6.30. The second-order valence-electron chi connectivity index (χ2n) is 4.48. The summed E-state index contributed by atoms with van der Waals surface area (Å²) in [4.78, 5) is 11.7. The second-order valence-corrected chi connectivity index (χ2v) is 4.89. The van der Waals surface area contributed by atoms with Crippen molar-refractivity contribution in [3.05, 3.63) is 58.9 Å². The maximum Gasteiger partial charge on any atom is 0.417 e. The molecule has 122 valence electrons. The average molecular weight is 348 g/mol. The molecule has 0 atom stereocenters. The molecule has 0 fully saturated rings. The Hall–Kier alpha value is -2.28. The highest BCUT2D eigenvalue weighted by atomic mass is 35.5. The SMILES string of the molecule is O=C(COc1ccc(F)cc1)Nc1ccc(Cl)c(C(F)(F)F)c1. The van der Waals surface area contributed by atoms with E-state index in [0.29, 0.717) is 0 Å². The Morgan fingerprint density at radius 1 is 1.13 bits per heavy atom. The minimum absolute atomic E-state index is 0.0607. The first-order valence-corrected chi connectivity index (χ1v) is 6.68. The summed E-state index contributed by atoms with van der Waals surface area (Å²) in [7, 11) is 0. The highest BCUT2D eigenvalue weighted by Crippen LogP contribution is 2.36. The minimum Gasteiger partial charge on any atom is -0.484 e. The summed E-state index contributed by atoms with van der Waals surface area (Å²) < 4.78 is 55.9. The highest BCUT2D eigenvalue weighted by molar-refractivity contribution is 6.31. The van der Waals surface area contributed by atoms with E-state index in [1.54, 1.807) is 0 Å². The fourth-order valence-electron chi connectivity index (χ4n) is 1.70. The van der Waals surface area contributed by atoms with Gasteiger partial charge in [-0.3, -0.25) is 4.79 Å². The first kappa shape index (κ1) is 17.1. The molecule has 0 aliphatic heterocycles. The molecule has 0 bridgehead atoms. The number of amides is 1. The number of hydrogen-bond donors (Lipinski definition) is 1. The maximum absolute atomic E-state index is 12.7. The molecule has 0 radical (unpaired) electrons. The lowest BCUT2D eigenvalue weighted by molar-refractivity contribution is -0.137. The summed E-state index contributed by atoms with van der Waals surface area (Å²) in [6, 6.07) is 7.98. The summed E-state index contributed by atoms with van der Waals surface area (Å²) in [6.07, 6.45) is -4.62. The van der Waals surface area contributed by atoms with Crippen LogP contribution in [0.5, 0.6) is 5.75 Å². The topological polar surface area (TPSA) is 38.3 Å². The lowest BCUT2D eigenvalue weighted by Crippen LogP contribution is -2.20. The van der Waals surface area contributed by atoms with Crippen molar-refractivity contribution in [3.8, 4) is 5.75 Å². The molecule has 0 saturated heterocycles. The fourth-order valence-corrected chi connectivity index (χ4v) is 1.92. The second kappa shape index (κ2) is 6.87. The fraction of sp³-hybridized carbons (Fsp3) is 0.133. The summed E-state index contributed by atoms with van der Waals surface area (Å²) >= 11 is 5.48. The normalized spacial score (nSPS) is 11.2. The molecule has 0 saturated carbocycles. The number of hydrogen-bond acceptors (Lipinski definition) is 2. The molecule has 0 aliphatic rings. The van der Waals surface area contributed by atoms with E-state index in [2.05, 4.69) is 5.32 Å². The molecular weight excluding hydrogens is 338 g/mol. The van der Waals surface area contributed by atoms with Crippen molar-refractivity contribution in [1.29, 1.82) is 0 Å². The number of alkyl halides is 3. The van der Waals surface area contributed by atoms with Gasteiger partial charge in [0.2, 0.25) is 0 Å². The Morgan fingerprint density at radius 3 is 2.39 bits per heavy atom. The summed E-state index contributed by atoms with van der Waals surface area (Å²) in [6.45, 7) is -0.435. The molecule has 2 aromatic rings. The van der Waals surface area contributed by atoms with Crippen LogP contribution in [-0.2, 0) is 11.0 Å². The van der Waals surface area contributed by atoms with Crippen LogP contribution >= 0.6 is 11.6 Å². The molecule has 0 spiro atoms. The Kier molecular flexibility index (Phi) is 5.10. The van der Waals surface area contributed by atoms with E-state index in [9.17, 15) is 22.4 Å². The van der Waals surface area contributed by atoms with Gasteiger partial charge in [-0.05, 0) is 42.5 Å². The first-order chi connectivity index (χ1) is 10.8. The van der Waals surface area contributed by atoms with Gasteiger partial charge in [-0.15, -0.1) is 0 Å². The van der Waals surface area contributed by atoms with E-state index >= 15 is 0 Å². The van der Waals surface area contributed by atoms with Crippen molar-refractivity contribution in [1.82, 2.24) is 0 Å². The van der Waals surface area contributed by atoms with E-state index in [1.807, 2.05) is 0 Å². The maximum atomic E-state index is 12.7. The van der Waals surface area contributed by atoms with Crippen LogP contribution in [0.15, 0.2) is 42.5 Å². The Balaban J connectivity index is 1.99. The van der Waals surface area contributed by atoms with Gasteiger partial charge >= 0.3 is 6.18 Å². The van der Waals surface area contributed by atoms with E-state index in [-0.39, 0.29) is 11.4 Å². The zero-order valence-electron chi connectivity index (χ0n) is 11.5. The van der Waals surface area contributed by atoms with Crippen molar-refractivity contribution in [2.45, 2.75) is 6.18 Å². The number of anilines is 1. The van der Waals surface area contributed by atoms with Gasteiger partial charge in [0, 0.05) is 5.69 Å². The molecule has 23 heavy (non-hydrogen) atoms. The van der Waals surface area contributed by atoms with Gasteiger partial charge < -0.3 is 10.1 Å². The highest BCUT2D eigenvalue weighted by Gasteiger charge is 2.33. The quantitative estimate of drug-likeness (QED) is 0.826. The zero-order chi connectivity index (χ0) is 17.0. The molecule has 1 amide bonds. The van der Waals surface area contributed by atoms with Crippen LogP contribution in [0.1, 0.15) is 5.56 Å². The molecule has 2 aromatic carbocycles. The van der Waals surface area contributed by atoms with Crippen LogP contribution in [0.25, 0.3) is 0 Å². The third-order valence-corrected chi connectivity index (χ3v) is 3.07. The predicted molar refractivity (Wildman–Crippen MR) is 77.0 cm³/mol. The van der Waals surface area contributed by atoms with E-state index in [1.165, 1.54) is 18.2 Å². The van der Waals surface area contributed by atoms with Crippen LogP contribution in [0, 0.1) is 5.82 Å². The number of benzene rings is 2. The van der Waals surface area contributed by atoms with Gasteiger partial charge in [0.1, 0.15) is 11.6 Å². The van der Waals surface area contributed by atoms with Gasteiger partial charge in [-0.1, -0.05) is 11.6 Å². The van der Waals surface area contributed by atoms with Crippen molar-refractivity contribution < 1.29 is 27.1 Å². The van der Waals surface area contributed by atoms with Crippen LogP contribution in [0.2, 0.25) is 5.02 Å². The lowest BCUT2D eigenvalue weighted by atomic mass is 10.2. The third-order valence-electron chi connectivity index (χ3n) is 2.74. The lowest BCUT2D eigenvalue weighted by Gasteiger charge is -2.12. The predicted octanol–water partition coefficient (Wildman–Crippen LogP) is 4.52. The zero-order valence-corrected chi connectivity index (χ0v) is 12.2. The molecular formula is C15H10ClF4NO2. The number of halogens is 5. The molecule has 0 heterocycles. The Morgan fingerprint density at radius 2 is 1.78 bits per heavy atom. The van der Waals surface area contributed by atoms with Gasteiger partial charge in [0.25, 0.3) is 5.91 Å².